The maximum atomic E-state index is 6.27. The van der Waals surface area contributed by atoms with Gasteiger partial charge in [0.15, 0.2) is 0 Å². The number of aromatic nitrogens is 2. The predicted molar refractivity (Wildman–Crippen MR) is 75.2 cm³/mol. The van der Waals surface area contributed by atoms with Gasteiger partial charge in [-0.2, -0.15) is 0 Å². The standard InChI is InChI=1S/C15H23N3O/c1-2-3-5-13-10-18(15-16-8-4-9-17-15)11-14(19-13)12-6-7-12/h4,8-9,12-14H,2-3,5-7,10-11H2,1H3/t13-,14-/m1/s1. The number of nitrogens with zero attached hydrogens (tertiary/aromatic N) is 3. The van der Waals surface area contributed by atoms with E-state index in [0.717, 1.165) is 31.4 Å². The number of morpholine rings is 1. The molecular formula is C15H23N3O. The van der Waals surface area contributed by atoms with Gasteiger partial charge in [0.1, 0.15) is 0 Å². The van der Waals surface area contributed by atoms with Crippen LogP contribution in [0.1, 0.15) is 39.0 Å². The van der Waals surface area contributed by atoms with Crippen molar-refractivity contribution in [1.82, 2.24) is 9.97 Å². The quantitative estimate of drug-likeness (QED) is 0.816. The van der Waals surface area contributed by atoms with Crippen molar-refractivity contribution in [2.45, 2.75) is 51.2 Å². The molecule has 1 aromatic heterocycles. The van der Waals surface area contributed by atoms with Crippen molar-refractivity contribution < 1.29 is 4.74 Å². The van der Waals surface area contributed by atoms with Gasteiger partial charge in [-0.3, -0.25) is 0 Å². The molecule has 0 aromatic carbocycles. The van der Waals surface area contributed by atoms with Gasteiger partial charge in [-0.15, -0.1) is 0 Å². The third kappa shape index (κ3) is 3.24. The number of anilines is 1. The summed E-state index contributed by atoms with van der Waals surface area (Å²) < 4.78 is 6.27. The number of ether oxygens (including phenoxy) is 1. The Morgan fingerprint density at radius 2 is 2.05 bits per heavy atom. The maximum absolute atomic E-state index is 6.27. The second-order valence-corrected chi connectivity index (χ2v) is 5.73. The number of hydrogen-bond donors (Lipinski definition) is 0. The molecule has 0 spiro atoms. The van der Waals surface area contributed by atoms with Crippen molar-refractivity contribution in [3.05, 3.63) is 18.5 Å². The Kier molecular flexibility index (Phi) is 3.97. The minimum Gasteiger partial charge on any atom is -0.371 e. The highest BCUT2D eigenvalue weighted by molar-refractivity contribution is 5.30. The third-order valence-corrected chi connectivity index (χ3v) is 4.05. The molecule has 1 aromatic rings. The fourth-order valence-electron chi connectivity index (χ4n) is 2.81. The molecule has 1 aliphatic carbocycles. The Morgan fingerprint density at radius 1 is 1.26 bits per heavy atom. The van der Waals surface area contributed by atoms with E-state index in [1.807, 2.05) is 18.5 Å². The van der Waals surface area contributed by atoms with Crippen LogP contribution in [-0.2, 0) is 4.74 Å². The minimum atomic E-state index is 0.350. The van der Waals surface area contributed by atoms with Crippen molar-refractivity contribution in [1.29, 1.82) is 0 Å². The van der Waals surface area contributed by atoms with Crippen LogP contribution in [0.4, 0.5) is 5.95 Å². The zero-order valence-corrected chi connectivity index (χ0v) is 11.7. The lowest BCUT2D eigenvalue weighted by Gasteiger charge is -2.38. The first-order valence-electron chi connectivity index (χ1n) is 7.54. The molecule has 4 heteroatoms. The summed E-state index contributed by atoms with van der Waals surface area (Å²) in [5, 5.41) is 0. The zero-order valence-electron chi connectivity index (χ0n) is 11.7. The highest BCUT2D eigenvalue weighted by atomic mass is 16.5. The van der Waals surface area contributed by atoms with Crippen LogP contribution in [0, 0.1) is 5.92 Å². The topological polar surface area (TPSA) is 38.2 Å². The van der Waals surface area contributed by atoms with Gasteiger partial charge in [0.25, 0.3) is 0 Å². The van der Waals surface area contributed by atoms with E-state index in [9.17, 15) is 0 Å². The van der Waals surface area contributed by atoms with E-state index in [-0.39, 0.29) is 0 Å². The Balaban J connectivity index is 1.68. The molecule has 0 radical (unpaired) electrons. The molecule has 1 saturated carbocycles. The van der Waals surface area contributed by atoms with Crippen LogP contribution in [0.15, 0.2) is 18.5 Å². The molecule has 4 nitrogen and oxygen atoms in total. The van der Waals surface area contributed by atoms with Crippen LogP contribution >= 0.6 is 0 Å². The van der Waals surface area contributed by atoms with Gasteiger partial charge in [-0.1, -0.05) is 19.8 Å². The number of rotatable bonds is 5. The van der Waals surface area contributed by atoms with Crippen LogP contribution in [0.3, 0.4) is 0 Å². The third-order valence-electron chi connectivity index (χ3n) is 4.05. The summed E-state index contributed by atoms with van der Waals surface area (Å²) in [6.07, 6.45) is 10.7. The molecular weight excluding hydrogens is 238 g/mol. The van der Waals surface area contributed by atoms with E-state index in [2.05, 4.69) is 21.8 Å². The van der Waals surface area contributed by atoms with Crippen molar-refractivity contribution in [3.8, 4) is 0 Å². The molecule has 2 heterocycles. The van der Waals surface area contributed by atoms with E-state index in [1.165, 1.54) is 25.7 Å². The average Bonchev–Trinajstić information content (AvgIpc) is 3.30. The maximum Gasteiger partial charge on any atom is 0.225 e. The highest BCUT2D eigenvalue weighted by Gasteiger charge is 2.38. The monoisotopic (exact) mass is 261 g/mol. The molecule has 0 N–H and O–H groups in total. The molecule has 19 heavy (non-hydrogen) atoms. The largest absolute Gasteiger partial charge is 0.371 e. The van der Waals surface area contributed by atoms with Crippen molar-refractivity contribution in [2.75, 3.05) is 18.0 Å². The summed E-state index contributed by atoms with van der Waals surface area (Å²) in [7, 11) is 0. The number of unbranched alkanes of at least 4 members (excludes halogenated alkanes) is 1. The van der Waals surface area contributed by atoms with Gasteiger partial charge < -0.3 is 9.64 Å². The summed E-state index contributed by atoms with van der Waals surface area (Å²) in [5.74, 6) is 1.63. The summed E-state index contributed by atoms with van der Waals surface area (Å²) >= 11 is 0. The molecule has 0 amide bonds. The predicted octanol–water partition coefficient (Wildman–Crippen LogP) is 2.65. The van der Waals surface area contributed by atoms with Crippen LogP contribution in [-0.4, -0.2) is 35.3 Å². The lowest BCUT2D eigenvalue weighted by atomic mass is 10.1. The highest BCUT2D eigenvalue weighted by Crippen LogP contribution is 2.37. The Hall–Kier alpha value is -1.16. The van der Waals surface area contributed by atoms with Crippen molar-refractivity contribution in [2.24, 2.45) is 5.92 Å². The van der Waals surface area contributed by atoms with E-state index in [0.29, 0.717) is 12.2 Å². The SMILES string of the molecule is CCCC[C@@H]1CN(c2ncccn2)C[C@H](C2CC2)O1. The van der Waals surface area contributed by atoms with Crippen LogP contribution in [0.2, 0.25) is 0 Å². The van der Waals surface area contributed by atoms with Gasteiger partial charge in [0, 0.05) is 25.5 Å². The van der Waals surface area contributed by atoms with Gasteiger partial charge in [-0.05, 0) is 31.2 Å². The van der Waals surface area contributed by atoms with Gasteiger partial charge in [0.2, 0.25) is 5.95 Å². The molecule has 3 rings (SSSR count). The van der Waals surface area contributed by atoms with Crippen molar-refractivity contribution >= 4 is 5.95 Å². The first kappa shape index (κ1) is 12.9. The molecule has 2 atom stereocenters. The first-order chi connectivity index (χ1) is 9.36. The molecule has 1 aliphatic heterocycles. The summed E-state index contributed by atoms with van der Waals surface area (Å²) in [6, 6.07) is 1.87. The zero-order chi connectivity index (χ0) is 13.1. The lowest BCUT2D eigenvalue weighted by Crippen LogP contribution is -2.49. The average molecular weight is 261 g/mol. The van der Waals surface area contributed by atoms with Gasteiger partial charge >= 0.3 is 0 Å². The van der Waals surface area contributed by atoms with E-state index in [1.54, 1.807) is 0 Å². The molecule has 0 unspecified atom stereocenters. The van der Waals surface area contributed by atoms with Crippen LogP contribution in [0.5, 0.6) is 0 Å². The Bertz CT molecular complexity index is 394. The molecule has 0 bridgehead atoms. The van der Waals surface area contributed by atoms with Crippen molar-refractivity contribution in [3.63, 3.8) is 0 Å². The molecule has 104 valence electrons. The van der Waals surface area contributed by atoms with E-state index >= 15 is 0 Å². The summed E-state index contributed by atoms with van der Waals surface area (Å²) in [5.41, 5.74) is 0. The molecule has 2 aliphatic rings. The Labute approximate surface area is 115 Å². The summed E-state index contributed by atoms with van der Waals surface area (Å²) in [6.45, 7) is 4.13. The van der Waals surface area contributed by atoms with Crippen LogP contribution < -0.4 is 4.90 Å². The molecule has 1 saturated heterocycles. The van der Waals surface area contributed by atoms with Gasteiger partial charge in [-0.25, -0.2) is 9.97 Å². The Morgan fingerprint density at radius 3 is 2.74 bits per heavy atom. The number of hydrogen-bond acceptors (Lipinski definition) is 4. The lowest BCUT2D eigenvalue weighted by molar-refractivity contribution is -0.0414. The second-order valence-electron chi connectivity index (χ2n) is 5.73. The smallest absolute Gasteiger partial charge is 0.225 e. The first-order valence-corrected chi connectivity index (χ1v) is 7.54. The van der Waals surface area contributed by atoms with E-state index in [4.69, 9.17) is 4.74 Å². The minimum absolute atomic E-state index is 0.350. The van der Waals surface area contributed by atoms with Gasteiger partial charge in [0.05, 0.1) is 12.2 Å². The fourth-order valence-corrected chi connectivity index (χ4v) is 2.81. The second kappa shape index (κ2) is 5.87. The normalized spacial score (nSPS) is 27.5. The summed E-state index contributed by atoms with van der Waals surface area (Å²) in [4.78, 5) is 11.1. The van der Waals surface area contributed by atoms with E-state index < -0.39 is 0 Å². The molecule has 2 fully saturated rings. The fraction of sp³-hybridized carbons (Fsp3) is 0.733. The van der Waals surface area contributed by atoms with Crippen LogP contribution in [0.25, 0.3) is 0 Å².